The van der Waals surface area contributed by atoms with Crippen LogP contribution in [-0.4, -0.2) is 11.9 Å². The van der Waals surface area contributed by atoms with Crippen molar-refractivity contribution in [3.05, 3.63) is 35.4 Å². The van der Waals surface area contributed by atoms with Gasteiger partial charge in [0.25, 0.3) is 0 Å². The van der Waals surface area contributed by atoms with Gasteiger partial charge in [0, 0.05) is 12.5 Å². The summed E-state index contributed by atoms with van der Waals surface area (Å²) in [6.45, 7) is 6.02. The Morgan fingerprint density at radius 2 is 1.87 bits per heavy atom. The van der Waals surface area contributed by atoms with Crippen LogP contribution in [0.4, 0.5) is 0 Å². The van der Waals surface area contributed by atoms with Crippen molar-refractivity contribution in [2.45, 2.75) is 39.7 Å². The predicted octanol–water partition coefficient (Wildman–Crippen LogP) is 2.45. The van der Waals surface area contributed by atoms with Gasteiger partial charge in [-0.25, -0.2) is 0 Å². The highest BCUT2D eigenvalue weighted by Gasteiger charge is 2.03. The minimum absolute atomic E-state index is 0.130. The van der Waals surface area contributed by atoms with Crippen LogP contribution in [0, 0.1) is 6.92 Å². The Bertz CT molecular complexity index is 314. The fourth-order valence-electron chi connectivity index (χ4n) is 1.41. The second-order valence-electron chi connectivity index (χ2n) is 4.21. The third-order valence-corrected chi connectivity index (χ3v) is 2.21. The molecule has 0 saturated carbocycles. The first kappa shape index (κ1) is 11.8. The summed E-state index contributed by atoms with van der Waals surface area (Å²) in [5.74, 6) is 0.130. The van der Waals surface area contributed by atoms with Gasteiger partial charge in [-0.05, 0) is 32.8 Å². The van der Waals surface area contributed by atoms with Crippen LogP contribution < -0.4 is 5.32 Å². The summed E-state index contributed by atoms with van der Waals surface area (Å²) in [4.78, 5) is 11.4. The van der Waals surface area contributed by atoms with Gasteiger partial charge in [-0.1, -0.05) is 29.8 Å². The van der Waals surface area contributed by atoms with Gasteiger partial charge in [0.1, 0.15) is 0 Å². The number of hydrogen-bond donors (Lipinski definition) is 1. The summed E-state index contributed by atoms with van der Waals surface area (Å²) in [6, 6.07) is 8.55. The molecule has 0 spiro atoms. The highest BCUT2D eigenvalue weighted by atomic mass is 16.1. The first-order valence-corrected chi connectivity index (χ1v) is 5.43. The zero-order valence-electron chi connectivity index (χ0n) is 9.71. The first-order valence-electron chi connectivity index (χ1n) is 5.43. The van der Waals surface area contributed by atoms with E-state index in [9.17, 15) is 4.79 Å². The van der Waals surface area contributed by atoms with Gasteiger partial charge in [-0.2, -0.15) is 0 Å². The molecule has 1 amide bonds. The maximum Gasteiger partial charge on any atom is 0.220 e. The summed E-state index contributed by atoms with van der Waals surface area (Å²) in [6.07, 6.45) is 1.39. The number of rotatable bonds is 4. The molecule has 0 saturated heterocycles. The average molecular weight is 205 g/mol. The van der Waals surface area contributed by atoms with Crippen LogP contribution in [0.2, 0.25) is 0 Å². The summed E-state index contributed by atoms with van der Waals surface area (Å²) < 4.78 is 0. The Morgan fingerprint density at radius 1 is 1.27 bits per heavy atom. The minimum atomic E-state index is 0.130. The molecule has 0 aromatic heterocycles. The van der Waals surface area contributed by atoms with Crippen LogP contribution in [0.5, 0.6) is 0 Å². The minimum Gasteiger partial charge on any atom is -0.354 e. The van der Waals surface area contributed by atoms with E-state index >= 15 is 0 Å². The van der Waals surface area contributed by atoms with Crippen molar-refractivity contribution in [3.63, 3.8) is 0 Å². The molecule has 15 heavy (non-hydrogen) atoms. The molecule has 1 rings (SSSR count). The van der Waals surface area contributed by atoms with Crippen LogP contribution in [0.3, 0.4) is 0 Å². The van der Waals surface area contributed by atoms with E-state index < -0.39 is 0 Å². The second-order valence-corrected chi connectivity index (χ2v) is 4.21. The van der Waals surface area contributed by atoms with E-state index in [-0.39, 0.29) is 11.9 Å². The van der Waals surface area contributed by atoms with Crippen molar-refractivity contribution in [1.29, 1.82) is 0 Å². The van der Waals surface area contributed by atoms with Gasteiger partial charge in [0.15, 0.2) is 0 Å². The summed E-state index contributed by atoms with van der Waals surface area (Å²) in [7, 11) is 0. The van der Waals surface area contributed by atoms with Crippen molar-refractivity contribution in [2.24, 2.45) is 0 Å². The van der Waals surface area contributed by atoms with E-state index in [0.29, 0.717) is 6.42 Å². The first-order chi connectivity index (χ1) is 7.08. The maximum absolute atomic E-state index is 11.4. The molecule has 1 N–H and O–H groups in total. The van der Waals surface area contributed by atoms with Crippen molar-refractivity contribution >= 4 is 5.91 Å². The number of aryl methyl sites for hydroxylation is 2. The summed E-state index contributed by atoms with van der Waals surface area (Å²) >= 11 is 0. The molecule has 2 heteroatoms. The number of benzene rings is 1. The van der Waals surface area contributed by atoms with Crippen LogP contribution in [0.25, 0.3) is 0 Å². The van der Waals surface area contributed by atoms with Crippen molar-refractivity contribution < 1.29 is 4.79 Å². The number of carbonyl (C=O) groups is 1. The molecule has 1 aromatic rings. The molecule has 0 fully saturated rings. The van der Waals surface area contributed by atoms with Gasteiger partial charge in [0.2, 0.25) is 5.91 Å². The Morgan fingerprint density at radius 3 is 2.40 bits per heavy atom. The fourth-order valence-corrected chi connectivity index (χ4v) is 1.41. The highest BCUT2D eigenvalue weighted by molar-refractivity contribution is 5.76. The lowest BCUT2D eigenvalue weighted by Crippen LogP contribution is -2.30. The molecular formula is C13H19NO. The number of amides is 1. The standard InChI is InChI=1S/C13H19NO/c1-10(2)14-13(15)9-8-12-6-4-11(3)5-7-12/h4-7,10H,8-9H2,1-3H3,(H,14,15). The van der Waals surface area contributed by atoms with E-state index in [1.54, 1.807) is 0 Å². The molecule has 2 nitrogen and oxygen atoms in total. The molecule has 0 heterocycles. The summed E-state index contributed by atoms with van der Waals surface area (Å²) in [5, 5.41) is 2.89. The number of carbonyl (C=O) groups excluding carboxylic acids is 1. The molecule has 0 bridgehead atoms. The van der Waals surface area contributed by atoms with Gasteiger partial charge in [0.05, 0.1) is 0 Å². The molecule has 0 aliphatic rings. The Hall–Kier alpha value is -1.31. The van der Waals surface area contributed by atoms with E-state index in [1.807, 2.05) is 13.8 Å². The summed E-state index contributed by atoms with van der Waals surface area (Å²) in [5.41, 5.74) is 2.48. The molecular weight excluding hydrogens is 186 g/mol. The molecule has 0 unspecified atom stereocenters. The van der Waals surface area contributed by atoms with Gasteiger partial charge in [-0.3, -0.25) is 4.79 Å². The van der Waals surface area contributed by atoms with E-state index in [1.165, 1.54) is 11.1 Å². The molecule has 0 atom stereocenters. The lowest BCUT2D eigenvalue weighted by atomic mass is 10.1. The van der Waals surface area contributed by atoms with E-state index in [0.717, 1.165) is 6.42 Å². The highest BCUT2D eigenvalue weighted by Crippen LogP contribution is 2.05. The topological polar surface area (TPSA) is 29.1 Å². The lowest BCUT2D eigenvalue weighted by molar-refractivity contribution is -0.121. The van der Waals surface area contributed by atoms with Crippen molar-refractivity contribution in [1.82, 2.24) is 5.32 Å². The SMILES string of the molecule is Cc1ccc(CCC(=O)NC(C)C)cc1. The third kappa shape index (κ3) is 4.63. The Kier molecular flexibility index (Phi) is 4.35. The molecule has 0 radical (unpaired) electrons. The largest absolute Gasteiger partial charge is 0.354 e. The van der Waals surface area contributed by atoms with Crippen LogP contribution >= 0.6 is 0 Å². The normalized spacial score (nSPS) is 10.4. The lowest BCUT2D eigenvalue weighted by Gasteiger charge is -2.08. The molecule has 82 valence electrons. The fraction of sp³-hybridized carbons (Fsp3) is 0.462. The van der Waals surface area contributed by atoms with Crippen molar-refractivity contribution in [3.8, 4) is 0 Å². The quantitative estimate of drug-likeness (QED) is 0.803. The predicted molar refractivity (Wildman–Crippen MR) is 62.8 cm³/mol. The maximum atomic E-state index is 11.4. The monoisotopic (exact) mass is 205 g/mol. The smallest absolute Gasteiger partial charge is 0.220 e. The van der Waals surface area contributed by atoms with Gasteiger partial charge < -0.3 is 5.32 Å². The zero-order valence-corrected chi connectivity index (χ0v) is 9.71. The number of hydrogen-bond acceptors (Lipinski definition) is 1. The van der Waals surface area contributed by atoms with E-state index in [4.69, 9.17) is 0 Å². The van der Waals surface area contributed by atoms with Crippen LogP contribution in [-0.2, 0) is 11.2 Å². The van der Waals surface area contributed by atoms with E-state index in [2.05, 4.69) is 36.5 Å². The second kappa shape index (κ2) is 5.54. The molecule has 1 aromatic carbocycles. The Labute approximate surface area is 91.7 Å². The average Bonchev–Trinajstić information content (AvgIpc) is 2.16. The van der Waals surface area contributed by atoms with Crippen molar-refractivity contribution in [2.75, 3.05) is 0 Å². The zero-order chi connectivity index (χ0) is 11.3. The third-order valence-electron chi connectivity index (χ3n) is 2.21. The van der Waals surface area contributed by atoms with Crippen LogP contribution in [0.15, 0.2) is 24.3 Å². The van der Waals surface area contributed by atoms with Crippen LogP contribution in [0.1, 0.15) is 31.4 Å². The number of nitrogens with one attached hydrogen (secondary N) is 1. The van der Waals surface area contributed by atoms with Gasteiger partial charge >= 0.3 is 0 Å². The molecule has 0 aliphatic heterocycles. The Balaban J connectivity index is 2.37. The van der Waals surface area contributed by atoms with Gasteiger partial charge in [-0.15, -0.1) is 0 Å². The molecule has 0 aliphatic carbocycles.